The van der Waals surface area contributed by atoms with E-state index in [1.54, 1.807) is 0 Å². The monoisotopic (exact) mass is 249 g/mol. The van der Waals surface area contributed by atoms with Crippen molar-refractivity contribution in [1.82, 2.24) is 9.97 Å². The quantitative estimate of drug-likeness (QED) is 0.891. The van der Waals surface area contributed by atoms with Gasteiger partial charge in [-0.3, -0.25) is 0 Å². The SMILES string of the molecule is CNc1cc(C)nc(COC2CCC(C)CC2)n1. The fourth-order valence-electron chi connectivity index (χ4n) is 2.41. The third-order valence-corrected chi connectivity index (χ3v) is 3.57. The van der Waals surface area contributed by atoms with Gasteiger partial charge in [-0.25, -0.2) is 9.97 Å². The van der Waals surface area contributed by atoms with Crippen molar-refractivity contribution in [2.75, 3.05) is 12.4 Å². The van der Waals surface area contributed by atoms with Gasteiger partial charge in [-0.05, 0) is 38.5 Å². The minimum Gasteiger partial charge on any atom is -0.373 e. The van der Waals surface area contributed by atoms with E-state index in [0.717, 1.165) is 23.3 Å². The molecule has 1 aliphatic carbocycles. The highest BCUT2D eigenvalue weighted by Crippen LogP contribution is 2.26. The molecule has 18 heavy (non-hydrogen) atoms. The lowest BCUT2D eigenvalue weighted by molar-refractivity contribution is 0.00564. The average Bonchev–Trinajstić information content (AvgIpc) is 2.37. The molecule has 0 atom stereocenters. The van der Waals surface area contributed by atoms with Crippen LogP contribution in [0.25, 0.3) is 0 Å². The van der Waals surface area contributed by atoms with Crippen LogP contribution in [0.1, 0.15) is 44.1 Å². The Hall–Kier alpha value is -1.16. The molecule has 1 aromatic rings. The number of nitrogens with one attached hydrogen (secondary N) is 1. The normalized spacial score (nSPS) is 23.9. The zero-order valence-corrected chi connectivity index (χ0v) is 11.6. The zero-order chi connectivity index (χ0) is 13.0. The first-order valence-corrected chi connectivity index (χ1v) is 6.81. The molecular weight excluding hydrogens is 226 g/mol. The number of hydrogen-bond acceptors (Lipinski definition) is 4. The van der Waals surface area contributed by atoms with Crippen LogP contribution >= 0.6 is 0 Å². The summed E-state index contributed by atoms with van der Waals surface area (Å²) in [5.41, 5.74) is 0.977. The largest absolute Gasteiger partial charge is 0.373 e. The Morgan fingerprint density at radius 3 is 2.67 bits per heavy atom. The molecular formula is C14H23N3O. The molecule has 100 valence electrons. The van der Waals surface area contributed by atoms with Gasteiger partial charge in [0.15, 0.2) is 5.82 Å². The fraction of sp³-hybridized carbons (Fsp3) is 0.714. The lowest BCUT2D eigenvalue weighted by Gasteiger charge is -2.26. The van der Waals surface area contributed by atoms with Crippen LogP contribution < -0.4 is 5.32 Å². The maximum Gasteiger partial charge on any atom is 0.156 e. The predicted molar refractivity (Wildman–Crippen MR) is 72.5 cm³/mol. The molecule has 0 amide bonds. The van der Waals surface area contributed by atoms with E-state index in [2.05, 4.69) is 22.2 Å². The minimum atomic E-state index is 0.392. The van der Waals surface area contributed by atoms with Crippen LogP contribution in [0.2, 0.25) is 0 Å². The summed E-state index contributed by atoms with van der Waals surface area (Å²) in [6, 6.07) is 1.94. The Morgan fingerprint density at radius 2 is 2.00 bits per heavy atom. The van der Waals surface area contributed by atoms with Crippen LogP contribution in [0.5, 0.6) is 0 Å². The maximum atomic E-state index is 5.92. The molecule has 0 aromatic carbocycles. The molecule has 0 bridgehead atoms. The highest BCUT2D eigenvalue weighted by molar-refractivity contribution is 5.34. The lowest BCUT2D eigenvalue weighted by Crippen LogP contribution is -2.20. The zero-order valence-electron chi connectivity index (χ0n) is 11.6. The first-order valence-electron chi connectivity index (χ1n) is 6.81. The average molecular weight is 249 g/mol. The van der Waals surface area contributed by atoms with Crippen molar-refractivity contribution in [3.05, 3.63) is 17.6 Å². The number of anilines is 1. The van der Waals surface area contributed by atoms with E-state index < -0.39 is 0 Å². The summed E-state index contributed by atoms with van der Waals surface area (Å²) in [6.07, 6.45) is 5.29. The van der Waals surface area contributed by atoms with Crippen molar-refractivity contribution in [2.24, 2.45) is 5.92 Å². The molecule has 1 heterocycles. The van der Waals surface area contributed by atoms with Crippen molar-refractivity contribution in [3.8, 4) is 0 Å². The molecule has 0 unspecified atom stereocenters. The molecule has 1 aliphatic rings. The minimum absolute atomic E-state index is 0.392. The van der Waals surface area contributed by atoms with Crippen LogP contribution in [-0.2, 0) is 11.3 Å². The van der Waals surface area contributed by atoms with Gasteiger partial charge in [-0.1, -0.05) is 6.92 Å². The standard InChI is InChI=1S/C14H23N3O/c1-10-4-6-12(7-5-10)18-9-14-16-11(2)8-13(15-3)17-14/h8,10,12H,4-7,9H2,1-3H3,(H,15,16,17). The van der Waals surface area contributed by atoms with Gasteiger partial charge >= 0.3 is 0 Å². The maximum absolute atomic E-state index is 5.92. The molecule has 0 saturated heterocycles. The highest BCUT2D eigenvalue weighted by atomic mass is 16.5. The fourth-order valence-corrected chi connectivity index (χ4v) is 2.41. The van der Waals surface area contributed by atoms with Crippen LogP contribution in [0, 0.1) is 12.8 Å². The van der Waals surface area contributed by atoms with Crippen LogP contribution in [0.15, 0.2) is 6.07 Å². The predicted octanol–water partition coefficient (Wildman–Crippen LogP) is 2.92. The van der Waals surface area contributed by atoms with Crippen LogP contribution in [0.4, 0.5) is 5.82 Å². The van der Waals surface area contributed by atoms with Crippen LogP contribution in [0.3, 0.4) is 0 Å². The summed E-state index contributed by atoms with van der Waals surface area (Å²) in [5.74, 6) is 2.49. The third-order valence-electron chi connectivity index (χ3n) is 3.57. The van der Waals surface area contributed by atoms with Crippen LogP contribution in [-0.4, -0.2) is 23.1 Å². The lowest BCUT2D eigenvalue weighted by atomic mass is 9.89. The third kappa shape index (κ3) is 3.67. The number of hydrogen-bond donors (Lipinski definition) is 1. The molecule has 0 radical (unpaired) electrons. The van der Waals surface area contributed by atoms with E-state index in [1.807, 2.05) is 20.0 Å². The number of rotatable bonds is 4. The smallest absolute Gasteiger partial charge is 0.156 e. The van der Waals surface area contributed by atoms with Gasteiger partial charge in [-0.15, -0.1) is 0 Å². The summed E-state index contributed by atoms with van der Waals surface area (Å²) < 4.78 is 5.92. The van der Waals surface area contributed by atoms with Gasteiger partial charge in [0.05, 0.1) is 6.10 Å². The molecule has 2 rings (SSSR count). The van der Waals surface area contributed by atoms with Gasteiger partial charge in [0.2, 0.25) is 0 Å². The second-order valence-corrected chi connectivity index (χ2v) is 5.25. The summed E-state index contributed by atoms with van der Waals surface area (Å²) in [5, 5.41) is 3.05. The highest BCUT2D eigenvalue weighted by Gasteiger charge is 2.18. The molecule has 1 aromatic heterocycles. The Morgan fingerprint density at radius 1 is 1.28 bits per heavy atom. The molecule has 0 spiro atoms. The van der Waals surface area contributed by atoms with Gasteiger partial charge in [0.1, 0.15) is 12.4 Å². The number of aryl methyl sites for hydroxylation is 1. The summed E-state index contributed by atoms with van der Waals surface area (Å²) in [7, 11) is 1.87. The number of nitrogens with zero attached hydrogens (tertiary/aromatic N) is 2. The summed E-state index contributed by atoms with van der Waals surface area (Å²) in [6.45, 7) is 4.82. The molecule has 1 fully saturated rings. The Labute approximate surface area is 109 Å². The second-order valence-electron chi connectivity index (χ2n) is 5.25. The van der Waals surface area contributed by atoms with E-state index >= 15 is 0 Å². The van der Waals surface area contributed by atoms with E-state index in [9.17, 15) is 0 Å². The molecule has 4 heteroatoms. The number of ether oxygens (including phenoxy) is 1. The number of aromatic nitrogens is 2. The molecule has 0 aliphatic heterocycles. The summed E-state index contributed by atoms with van der Waals surface area (Å²) in [4.78, 5) is 8.81. The molecule has 1 saturated carbocycles. The van der Waals surface area contributed by atoms with Gasteiger partial charge in [0.25, 0.3) is 0 Å². The topological polar surface area (TPSA) is 47.0 Å². The first-order chi connectivity index (χ1) is 8.67. The van der Waals surface area contributed by atoms with Crippen molar-refractivity contribution in [1.29, 1.82) is 0 Å². The van der Waals surface area contributed by atoms with Crippen molar-refractivity contribution < 1.29 is 4.74 Å². The van der Waals surface area contributed by atoms with Gasteiger partial charge in [-0.2, -0.15) is 0 Å². The van der Waals surface area contributed by atoms with Crippen molar-refractivity contribution >= 4 is 5.82 Å². The Kier molecular flexibility index (Phi) is 4.53. The van der Waals surface area contributed by atoms with Crippen molar-refractivity contribution in [3.63, 3.8) is 0 Å². The summed E-state index contributed by atoms with van der Waals surface area (Å²) >= 11 is 0. The van der Waals surface area contributed by atoms with Gasteiger partial charge in [0, 0.05) is 18.8 Å². The first kappa shape index (κ1) is 13.3. The molecule has 1 N–H and O–H groups in total. The van der Waals surface area contributed by atoms with E-state index in [-0.39, 0.29) is 0 Å². The Balaban J connectivity index is 1.88. The van der Waals surface area contributed by atoms with Crippen molar-refractivity contribution in [2.45, 2.75) is 52.2 Å². The van der Waals surface area contributed by atoms with E-state index in [0.29, 0.717) is 12.7 Å². The second kappa shape index (κ2) is 6.14. The Bertz CT molecular complexity index is 387. The van der Waals surface area contributed by atoms with E-state index in [4.69, 9.17) is 4.74 Å². The molecule has 4 nitrogen and oxygen atoms in total. The van der Waals surface area contributed by atoms with E-state index in [1.165, 1.54) is 25.7 Å². The van der Waals surface area contributed by atoms with Gasteiger partial charge < -0.3 is 10.1 Å².